The number of anilines is 1. The molecule has 1 aliphatic heterocycles. The Morgan fingerprint density at radius 3 is 2.57 bits per heavy atom. The van der Waals surface area contributed by atoms with E-state index in [1.807, 2.05) is 13.0 Å². The highest BCUT2D eigenvalue weighted by Gasteiger charge is 2.22. The van der Waals surface area contributed by atoms with E-state index in [2.05, 4.69) is 5.32 Å². The lowest BCUT2D eigenvalue weighted by molar-refractivity contribution is 0.0598. The van der Waals surface area contributed by atoms with Crippen molar-refractivity contribution in [1.29, 1.82) is 0 Å². The summed E-state index contributed by atoms with van der Waals surface area (Å²) < 4.78 is 16.3. The molecule has 1 saturated heterocycles. The zero-order chi connectivity index (χ0) is 16.2. The molecule has 1 N–H and O–H groups in total. The van der Waals surface area contributed by atoms with Crippen LogP contribution in [0, 0.1) is 6.92 Å². The molecule has 1 aromatic carbocycles. The average Bonchev–Trinajstić information content (AvgIpc) is 2.54. The summed E-state index contributed by atoms with van der Waals surface area (Å²) in [5, 5.41) is 3.55. The Hall–Kier alpha value is -1.75. The lowest BCUT2D eigenvalue weighted by atomic mass is 9.96. The van der Waals surface area contributed by atoms with Crippen LogP contribution in [0.15, 0.2) is 12.1 Å². The third-order valence-electron chi connectivity index (χ3n) is 4.72. The molecule has 0 aromatic heterocycles. The number of benzene rings is 1. The van der Waals surface area contributed by atoms with Gasteiger partial charge in [0.15, 0.2) is 0 Å². The summed E-state index contributed by atoms with van der Waals surface area (Å²) in [6.45, 7) is 3.50. The first-order chi connectivity index (χ1) is 11.2. The van der Waals surface area contributed by atoms with Gasteiger partial charge in [0, 0.05) is 31.0 Å². The van der Waals surface area contributed by atoms with Gasteiger partial charge in [0.2, 0.25) is 0 Å². The van der Waals surface area contributed by atoms with Crippen molar-refractivity contribution in [2.75, 3.05) is 25.6 Å². The van der Waals surface area contributed by atoms with Crippen LogP contribution in [0.1, 0.15) is 48.0 Å². The quantitative estimate of drug-likeness (QED) is 0.844. The van der Waals surface area contributed by atoms with Crippen LogP contribution >= 0.6 is 0 Å². The summed E-state index contributed by atoms with van der Waals surface area (Å²) in [7, 11) is 1.41. The smallest absolute Gasteiger partial charge is 0.338 e. The number of methoxy groups -OCH3 is 1. The second-order valence-electron chi connectivity index (χ2n) is 6.34. The maximum absolute atomic E-state index is 12.1. The number of carbonyl (C=O) groups is 1. The van der Waals surface area contributed by atoms with E-state index in [1.165, 1.54) is 13.5 Å². The molecule has 1 heterocycles. The predicted molar refractivity (Wildman–Crippen MR) is 88.2 cm³/mol. The molecule has 1 saturated carbocycles. The molecule has 0 spiro atoms. The Kier molecular flexibility index (Phi) is 5.06. The summed E-state index contributed by atoms with van der Waals surface area (Å²) in [5.74, 6) is 0.423. The van der Waals surface area contributed by atoms with Gasteiger partial charge in [-0.05, 0) is 50.7 Å². The van der Waals surface area contributed by atoms with Crippen molar-refractivity contribution in [3.63, 3.8) is 0 Å². The number of nitrogens with one attached hydrogen (secondary N) is 1. The average molecular weight is 319 g/mol. The van der Waals surface area contributed by atoms with Gasteiger partial charge in [-0.1, -0.05) is 0 Å². The van der Waals surface area contributed by atoms with Crippen molar-refractivity contribution in [2.45, 2.75) is 51.2 Å². The minimum absolute atomic E-state index is 0.277. The van der Waals surface area contributed by atoms with E-state index < -0.39 is 0 Å². The molecule has 0 atom stereocenters. The van der Waals surface area contributed by atoms with Gasteiger partial charge >= 0.3 is 5.97 Å². The molecular weight excluding hydrogens is 294 g/mol. The second-order valence-corrected chi connectivity index (χ2v) is 6.34. The fourth-order valence-corrected chi connectivity index (χ4v) is 2.97. The largest absolute Gasteiger partial charge is 0.490 e. The van der Waals surface area contributed by atoms with Gasteiger partial charge < -0.3 is 19.5 Å². The van der Waals surface area contributed by atoms with Gasteiger partial charge in [-0.15, -0.1) is 0 Å². The van der Waals surface area contributed by atoms with Crippen molar-refractivity contribution >= 4 is 11.7 Å². The fourth-order valence-electron chi connectivity index (χ4n) is 2.97. The van der Waals surface area contributed by atoms with Crippen LogP contribution in [0.2, 0.25) is 0 Å². The maximum atomic E-state index is 12.1. The number of carbonyl (C=O) groups excluding carboxylic acids is 1. The van der Waals surface area contributed by atoms with E-state index >= 15 is 0 Å². The number of esters is 1. The van der Waals surface area contributed by atoms with Gasteiger partial charge in [-0.3, -0.25) is 0 Å². The van der Waals surface area contributed by atoms with Crippen molar-refractivity contribution < 1.29 is 19.0 Å². The Labute approximate surface area is 137 Å². The summed E-state index contributed by atoms with van der Waals surface area (Å²) in [6, 6.07) is 4.18. The third-order valence-corrected chi connectivity index (χ3v) is 4.72. The molecule has 0 bridgehead atoms. The van der Waals surface area contributed by atoms with Gasteiger partial charge in [-0.2, -0.15) is 0 Å². The lowest BCUT2D eigenvalue weighted by Gasteiger charge is -2.28. The monoisotopic (exact) mass is 319 g/mol. The topological polar surface area (TPSA) is 56.8 Å². The minimum atomic E-state index is -0.323. The molecule has 1 aliphatic carbocycles. The summed E-state index contributed by atoms with van der Waals surface area (Å²) in [6.07, 6.45) is 5.61. The maximum Gasteiger partial charge on any atom is 0.338 e. The van der Waals surface area contributed by atoms with Gasteiger partial charge in [-0.25, -0.2) is 4.79 Å². The lowest BCUT2D eigenvalue weighted by Crippen LogP contribution is -2.28. The summed E-state index contributed by atoms with van der Waals surface area (Å²) in [4.78, 5) is 12.1. The Morgan fingerprint density at radius 2 is 1.96 bits per heavy atom. The molecule has 5 heteroatoms. The van der Waals surface area contributed by atoms with E-state index in [-0.39, 0.29) is 12.1 Å². The van der Waals surface area contributed by atoms with E-state index in [1.54, 1.807) is 6.07 Å². The molecule has 126 valence electrons. The van der Waals surface area contributed by atoms with Gasteiger partial charge in [0.25, 0.3) is 0 Å². The van der Waals surface area contributed by atoms with Crippen LogP contribution in [0.4, 0.5) is 5.69 Å². The number of hydrogen-bond acceptors (Lipinski definition) is 5. The molecule has 5 nitrogen and oxygen atoms in total. The first-order valence-corrected chi connectivity index (χ1v) is 8.41. The number of ether oxygens (including phenoxy) is 3. The standard InChI is InChI=1S/C18H25NO4/c1-12-16(18(20)21-2)10-15(23-14-4-3-5-14)11-17(12)19-13-6-8-22-9-7-13/h10-11,13-14,19H,3-9H2,1-2H3. The Balaban J connectivity index is 1.84. The van der Waals surface area contributed by atoms with Crippen LogP contribution in [0.3, 0.4) is 0 Å². The van der Waals surface area contributed by atoms with Crippen molar-refractivity contribution in [3.05, 3.63) is 23.3 Å². The molecule has 1 aromatic rings. The van der Waals surface area contributed by atoms with E-state index in [0.29, 0.717) is 11.6 Å². The van der Waals surface area contributed by atoms with Crippen LogP contribution in [-0.2, 0) is 9.47 Å². The van der Waals surface area contributed by atoms with Crippen molar-refractivity contribution in [2.24, 2.45) is 0 Å². The predicted octanol–water partition coefficient (Wildman–Crippen LogP) is 3.30. The Morgan fingerprint density at radius 1 is 1.22 bits per heavy atom. The molecule has 3 rings (SSSR count). The first kappa shape index (κ1) is 16.1. The SMILES string of the molecule is COC(=O)c1cc(OC2CCC2)cc(NC2CCOCC2)c1C. The molecule has 0 unspecified atom stereocenters. The minimum Gasteiger partial charge on any atom is -0.490 e. The summed E-state index contributed by atoms with van der Waals surface area (Å²) in [5.41, 5.74) is 2.43. The van der Waals surface area contributed by atoms with Crippen LogP contribution < -0.4 is 10.1 Å². The number of hydrogen-bond donors (Lipinski definition) is 1. The molecular formula is C18H25NO4. The third kappa shape index (κ3) is 3.78. The van der Waals surface area contributed by atoms with Crippen LogP contribution in [0.25, 0.3) is 0 Å². The molecule has 23 heavy (non-hydrogen) atoms. The zero-order valence-electron chi connectivity index (χ0n) is 13.9. The first-order valence-electron chi connectivity index (χ1n) is 8.41. The van der Waals surface area contributed by atoms with E-state index in [4.69, 9.17) is 14.2 Å². The van der Waals surface area contributed by atoms with Gasteiger partial charge in [0.05, 0.1) is 18.8 Å². The normalized spacial score (nSPS) is 19.0. The molecule has 0 radical (unpaired) electrons. The zero-order valence-corrected chi connectivity index (χ0v) is 13.9. The molecule has 2 aliphatic rings. The van der Waals surface area contributed by atoms with Gasteiger partial charge in [0.1, 0.15) is 5.75 Å². The van der Waals surface area contributed by atoms with E-state index in [9.17, 15) is 4.79 Å². The highest BCUT2D eigenvalue weighted by Crippen LogP contribution is 2.32. The van der Waals surface area contributed by atoms with Crippen LogP contribution in [0.5, 0.6) is 5.75 Å². The van der Waals surface area contributed by atoms with Crippen molar-refractivity contribution in [1.82, 2.24) is 0 Å². The highest BCUT2D eigenvalue weighted by molar-refractivity contribution is 5.93. The highest BCUT2D eigenvalue weighted by atomic mass is 16.5. The van der Waals surface area contributed by atoms with E-state index in [0.717, 1.165) is 55.9 Å². The molecule has 0 amide bonds. The second kappa shape index (κ2) is 7.21. The fraction of sp³-hybridized carbons (Fsp3) is 0.611. The molecule has 2 fully saturated rings. The number of rotatable bonds is 5. The van der Waals surface area contributed by atoms with Crippen LogP contribution in [-0.4, -0.2) is 38.4 Å². The Bertz CT molecular complexity index is 562. The van der Waals surface area contributed by atoms with Crippen molar-refractivity contribution in [3.8, 4) is 5.75 Å². The summed E-state index contributed by atoms with van der Waals surface area (Å²) >= 11 is 0.